The fourth-order valence-electron chi connectivity index (χ4n) is 2.61. The van der Waals surface area contributed by atoms with Crippen molar-refractivity contribution >= 4 is 38.3 Å². The van der Waals surface area contributed by atoms with Crippen molar-refractivity contribution in [3.05, 3.63) is 54.1 Å². The molecule has 0 unspecified atom stereocenters. The topological polar surface area (TPSA) is 75.6 Å². The molecule has 0 radical (unpaired) electrons. The molecule has 0 aliphatic rings. The lowest BCUT2D eigenvalue weighted by Crippen LogP contribution is -2.35. The van der Waals surface area contributed by atoms with E-state index in [1.54, 1.807) is 14.0 Å². The van der Waals surface area contributed by atoms with E-state index in [0.29, 0.717) is 0 Å². The van der Waals surface area contributed by atoms with Crippen LogP contribution >= 0.6 is 11.3 Å². The summed E-state index contributed by atoms with van der Waals surface area (Å²) < 4.78 is 6.25. The monoisotopic (exact) mass is 396 g/mol. The number of fused-ring (bicyclic) bond motifs is 1. The highest BCUT2D eigenvalue weighted by atomic mass is 32.1. The van der Waals surface area contributed by atoms with Crippen LogP contribution in [0.25, 0.3) is 10.2 Å². The van der Waals surface area contributed by atoms with Gasteiger partial charge in [0.15, 0.2) is 5.13 Å². The smallest absolute Gasteiger partial charge is 0.262 e. The van der Waals surface area contributed by atoms with Crippen LogP contribution in [0.15, 0.2) is 53.6 Å². The Kier molecular flexibility index (Phi) is 6.60. The number of rotatable bonds is 8. The van der Waals surface area contributed by atoms with Crippen molar-refractivity contribution in [2.45, 2.75) is 32.7 Å². The molecule has 146 valence electrons. The Hall–Kier alpha value is -2.93. The molecule has 28 heavy (non-hydrogen) atoms. The van der Waals surface area contributed by atoms with Crippen LogP contribution in [0, 0.1) is 0 Å². The van der Waals surface area contributed by atoms with Crippen LogP contribution in [0.4, 0.5) is 5.13 Å². The Morgan fingerprint density at radius 2 is 1.96 bits per heavy atom. The lowest BCUT2D eigenvalue weighted by atomic mass is 10.1. The maximum Gasteiger partial charge on any atom is 0.262 e. The molecule has 0 spiro atoms. The molecule has 0 aliphatic carbocycles. The number of benzene rings is 2. The number of thiazole rings is 1. The summed E-state index contributed by atoms with van der Waals surface area (Å²) in [6.07, 6.45) is 1.63. The molecule has 0 saturated carbocycles. The number of nitrogens with zero attached hydrogens (tertiary/aromatic N) is 2. The highest BCUT2D eigenvalue weighted by molar-refractivity contribution is 7.22. The number of aromatic nitrogens is 1. The summed E-state index contributed by atoms with van der Waals surface area (Å²) in [4.78, 5) is 16.8. The van der Waals surface area contributed by atoms with Crippen molar-refractivity contribution < 1.29 is 9.53 Å². The first-order valence-corrected chi connectivity index (χ1v) is 9.95. The second-order valence-corrected chi connectivity index (χ2v) is 7.55. The molecule has 3 rings (SSSR count). The van der Waals surface area contributed by atoms with E-state index in [1.807, 2.05) is 55.5 Å². The highest BCUT2D eigenvalue weighted by Gasteiger charge is 2.14. The molecule has 0 saturated heterocycles. The number of hydrazone groups is 1. The van der Waals surface area contributed by atoms with E-state index < -0.39 is 6.04 Å². The Morgan fingerprint density at radius 3 is 2.68 bits per heavy atom. The number of para-hydroxylation sites is 1. The molecule has 2 N–H and O–H groups in total. The van der Waals surface area contributed by atoms with Gasteiger partial charge < -0.3 is 10.1 Å². The molecule has 1 heterocycles. The van der Waals surface area contributed by atoms with Gasteiger partial charge in [-0.25, -0.2) is 10.4 Å². The van der Waals surface area contributed by atoms with E-state index in [4.69, 9.17) is 4.74 Å². The number of carbonyl (C=O) groups is 1. The second-order valence-electron chi connectivity index (χ2n) is 6.52. The van der Waals surface area contributed by atoms with Crippen LogP contribution in [-0.4, -0.2) is 29.8 Å². The summed E-state index contributed by atoms with van der Waals surface area (Å²) in [5.41, 5.74) is 5.63. The number of hydrogen-bond acceptors (Lipinski definition) is 6. The molecule has 0 aliphatic heterocycles. The minimum Gasteiger partial charge on any atom is -0.497 e. The lowest BCUT2D eigenvalue weighted by molar-refractivity contribution is -0.121. The minimum absolute atomic E-state index is 0.192. The Labute approximate surface area is 168 Å². The first-order chi connectivity index (χ1) is 13.5. The maximum absolute atomic E-state index is 12.3. The standard InChI is InChI=1S/C21H24N4O2S/c1-14(8-9-16-10-12-17(27-3)13-11-16)24-25-20(26)15(2)22-21-23-18-6-4-5-7-19(18)28-21/h4-7,10-13,15H,8-9H2,1-3H3,(H,22,23)(H,25,26)/b24-14-/t15-/m0/s1. The Balaban J connectivity index is 1.48. The van der Waals surface area contributed by atoms with E-state index in [1.165, 1.54) is 16.9 Å². The summed E-state index contributed by atoms with van der Waals surface area (Å²) in [5.74, 6) is 0.652. The molecular weight excluding hydrogens is 372 g/mol. The van der Waals surface area contributed by atoms with Crippen LogP contribution in [-0.2, 0) is 11.2 Å². The molecule has 1 atom stereocenters. The van der Waals surface area contributed by atoms with Gasteiger partial charge in [0.2, 0.25) is 0 Å². The van der Waals surface area contributed by atoms with Crippen molar-refractivity contribution in [1.29, 1.82) is 0 Å². The Bertz CT molecular complexity index is 933. The summed E-state index contributed by atoms with van der Waals surface area (Å²) >= 11 is 1.53. The fourth-order valence-corrected chi connectivity index (χ4v) is 3.56. The number of nitrogens with one attached hydrogen (secondary N) is 2. The van der Waals surface area contributed by atoms with Gasteiger partial charge >= 0.3 is 0 Å². The zero-order valence-corrected chi connectivity index (χ0v) is 17.0. The van der Waals surface area contributed by atoms with Crippen LogP contribution in [0.1, 0.15) is 25.8 Å². The number of anilines is 1. The van der Waals surface area contributed by atoms with E-state index in [0.717, 1.165) is 39.7 Å². The molecule has 1 aromatic heterocycles. The first kappa shape index (κ1) is 19.8. The number of aryl methyl sites for hydroxylation is 1. The van der Waals surface area contributed by atoms with Gasteiger partial charge in [-0.05, 0) is 56.5 Å². The van der Waals surface area contributed by atoms with Crippen LogP contribution in [0.3, 0.4) is 0 Å². The number of hydrogen-bond donors (Lipinski definition) is 2. The molecular formula is C21H24N4O2S. The van der Waals surface area contributed by atoms with Gasteiger partial charge in [-0.15, -0.1) is 0 Å². The second kappa shape index (κ2) is 9.32. The normalized spacial score (nSPS) is 12.6. The predicted octanol–water partition coefficient (Wildman–Crippen LogP) is 4.23. The third kappa shape index (κ3) is 5.29. The van der Waals surface area contributed by atoms with Crippen molar-refractivity contribution in [1.82, 2.24) is 10.4 Å². The zero-order chi connectivity index (χ0) is 19.9. The third-order valence-corrected chi connectivity index (χ3v) is 5.29. The van der Waals surface area contributed by atoms with E-state index in [9.17, 15) is 4.79 Å². The van der Waals surface area contributed by atoms with Gasteiger partial charge in [-0.2, -0.15) is 5.10 Å². The van der Waals surface area contributed by atoms with Crippen molar-refractivity contribution in [3.63, 3.8) is 0 Å². The molecule has 1 amide bonds. The van der Waals surface area contributed by atoms with E-state index in [2.05, 4.69) is 20.8 Å². The number of methoxy groups -OCH3 is 1. The first-order valence-electron chi connectivity index (χ1n) is 9.13. The predicted molar refractivity (Wildman–Crippen MR) is 115 cm³/mol. The lowest BCUT2D eigenvalue weighted by Gasteiger charge is -2.11. The van der Waals surface area contributed by atoms with Crippen molar-refractivity contribution in [2.75, 3.05) is 12.4 Å². The highest BCUT2D eigenvalue weighted by Crippen LogP contribution is 2.25. The van der Waals surface area contributed by atoms with Gasteiger partial charge in [0.1, 0.15) is 11.8 Å². The number of amides is 1. The minimum atomic E-state index is -0.432. The van der Waals surface area contributed by atoms with Crippen molar-refractivity contribution in [3.8, 4) is 5.75 Å². The average molecular weight is 397 g/mol. The van der Waals surface area contributed by atoms with Crippen molar-refractivity contribution in [2.24, 2.45) is 5.10 Å². The molecule has 0 fully saturated rings. The summed E-state index contributed by atoms with van der Waals surface area (Å²) in [7, 11) is 1.65. The van der Waals surface area contributed by atoms with Gasteiger partial charge in [0, 0.05) is 5.71 Å². The summed E-state index contributed by atoms with van der Waals surface area (Å²) in [5, 5.41) is 8.08. The largest absolute Gasteiger partial charge is 0.497 e. The van der Waals surface area contributed by atoms with Crippen LogP contribution in [0.5, 0.6) is 5.75 Å². The average Bonchev–Trinajstić information content (AvgIpc) is 3.13. The van der Waals surface area contributed by atoms with Gasteiger partial charge in [0.05, 0.1) is 17.3 Å². The zero-order valence-electron chi connectivity index (χ0n) is 16.2. The van der Waals surface area contributed by atoms with Gasteiger partial charge in [-0.1, -0.05) is 35.6 Å². The molecule has 3 aromatic rings. The molecule has 7 heteroatoms. The van der Waals surface area contributed by atoms with E-state index >= 15 is 0 Å². The molecule has 2 aromatic carbocycles. The SMILES string of the molecule is COc1ccc(CC/C(C)=N\NC(=O)[C@H](C)Nc2nc3ccccc3s2)cc1. The number of carbonyl (C=O) groups excluding carboxylic acids is 1. The fraction of sp³-hybridized carbons (Fsp3) is 0.286. The van der Waals surface area contributed by atoms with Crippen LogP contribution in [0.2, 0.25) is 0 Å². The Morgan fingerprint density at radius 1 is 1.21 bits per heavy atom. The number of ether oxygens (including phenoxy) is 1. The van der Waals surface area contributed by atoms with Gasteiger partial charge in [0.25, 0.3) is 5.91 Å². The van der Waals surface area contributed by atoms with Gasteiger partial charge in [-0.3, -0.25) is 4.79 Å². The van der Waals surface area contributed by atoms with Crippen LogP contribution < -0.4 is 15.5 Å². The van der Waals surface area contributed by atoms with E-state index in [-0.39, 0.29) is 5.91 Å². The molecule has 0 bridgehead atoms. The summed E-state index contributed by atoms with van der Waals surface area (Å²) in [6.45, 7) is 3.71. The summed E-state index contributed by atoms with van der Waals surface area (Å²) in [6, 6.07) is 15.4. The molecule has 6 nitrogen and oxygen atoms in total. The maximum atomic E-state index is 12.3. The third-order valence-electron chi connectivity index (χ3n) is 4.32. The quantitative estimate of drug-likeness (QED) is 0.441.